The summed E-state index contributed by atoms with van der Waals surface area (Å²) in [6.45, 7) is 0.701. The van der Waals surface area contributed by atoms with Gasteiger partial charge in [-0.1, -0.05) is 12.1 Å². The number of ketones is 1. The lowest BCUT2D eigenvalue weighted by atomic mass is 9.95. The van der Waals surface area contributed by atoms with Gasteiger partial charge in [-0.25, -0.2) is 4.39 Å². The molecule has 7 heteroatoms. The molecule has 152 valence electrons. The molecule has 0 saturated carbocycles. The maximum atomic E-state index is 13.3. The number of carbonyl (C=O) groups excluding carboxylic acids is 2. The molecule has 1 atom stereocenters. The number of amides is 1. The van der Waals surface area contributed by atoms with Gasteiger partial charge in [0, 0.05) is 25.8 Å². The van der Waals surface area contributed by atoms with Gasteiger partial charge in [-0.15, -0.1) is 0 Å². The van der Waals surface area contributed by atoms with E-state index in [1.54, 1.807) is 31.4 Å². The standard InChI is InChI=1S/C22H22FNO5/c1-28-12-4-11-24-19(15-5-3-6-17(13-15)29-2)18(21(26)22(24)27)20(25)14-7-9-16(23)10-8-14/h3,5-10,13,19,25H,4,11-12H2,1-2H3/t19-/m1/s1. The lowest BCUT2D eigenvalue weighted by Crippen LogP contribution is -2.31. The summed E-state index contributed by atoms with van der Waals surface area (Å²) < 4.78 is 23.6. The van der Waals surface area contributed by atoms with Gasteiger partial charge < -0.3 is 19.5 Å². The van der Waals surface area contributed by atoms with Crippen molar-refractivity contribution >= 4 is 17.4 Å². The van der Waals surface area contributed by atoms with Gasteiger partial charge in [-0.3, -0.25) is 9.59 Å². The average Bonchev–Trinajstić information content (AvgIpc) is 2.99. The molecule has 6 nitrogen and oxygen atoms in total. The Labute approximate surface area is 168 Å². The first-order valence-corrected chi connectivity index (χ1v) is 9.15. The van der Waals surface area contributed by atoms with E-state index in [-0.39, 0.29) is 23.4 Å². The zero-order chi connectivity index (χ0) is 21.0. The average molecular weight is 399 g/mol. The fourth-order valence-electron chi connectivity index (χ4n) is 3.41. The number of hydrogen-bond donors (Lipinski definition) is 1. The maximum absolute atomic E-state index is 13.3. The normalized spacial score (nSPS) is 18.3. The number of Topliss-reactive ketones (excluding diaryl/α,β-unsaturated/α-hetero) is 1. The van der Waals surface area contributed by atoms with Gasteiger partial charge in [0.2, 0.25) is 0 Å². The van der Waals surface area contributed by atoms with Crippen LogP contribution in [0.1, 0.15) is 23.6 Å². The predicted octanol–water partition coefficient (Wildman–Crippen LogP) is 3.29. The molecule has 1 saturated heterocycles. The fourth-order valence-corrected chi connectivity index (χ4v) is 3.41. The fraction of sp³-hybridized carbons (Fsp3) is 0.273. The molecule has 0 bridgehead atoms. The molecule has 1 aliphatic rings. The second-order valence-corrected chi connectivity index (χ2v) is 6.62. The molecule has 0 aliphatic carbocycles. The van der Waals surface area contributed by atoms with Crippen LogP contribution in [0.25, 0.3) is 5.76 Å². The van der Waals surface area contributed by atoms with Crippen molar-refractivity contribution in [3.8, 4) is 5.75 Å². The summed E-state index contributed by atoms with van der Waals surface area (Å²) in [6, 6.07) is 11.3. The van der Waals surface area contributed by atoms with E-state index in [4.69, 9.17) is 9.47 Å². The van der Waals surface area contributed by atoms with Crippen LogP contribution < -0.4 is 4.74 Å². The van der Waals surface area contributed by atoms with Gasteiger partial charge in [-0.05, 0) is 48.4 Å². The third-order valence-corrected chi connectivity index (χ3v) is 4.81. The molecule has 1 amide bonds. The number of carbonyl (C=O) groups is 2. The Balaban J connectivity index is 2.12. The van der Waals surface area contributed by atoms with E-state index in [0.29, 0.717) is 24.3 Å². The number of ether oxygens (including phenoxy) is 2. The van der Waals surface area contributed by atoms with Gasteiger partial charge in [-0.2, -0.15) is 0 Å². The van der Waals surface area contributed by atoms with Gasteiger partial charge >= 0.3 is 0 Å². The van der Waals surface area contributed by atoms with Gasteiger partial charge in [0.15, 0.2) is 0 Å². The van der Waals surface area contributed by atoms with E-state index in [2.05, 4.69) is 0 Å². The Morgan fingerprint density at radius 3 is 2.52 bits per heavy atom. The maximum Gasteiger partial charge on any atom is 0.295 e. The minimum absolute atomic E-state index is 0.0349. The molecule has 2 aromatic rings. The quantitative estimate of drug-likeness (QED) is 0.335. The lowest BCUT2D eigenvalue weighted by Gasteiger charge is -2.25. The largest absolute Gasteiger partial charge is 0.507 e. The molecule has 2 aromatic carbocycles. The zero-order valence-corrected chi connectivity index (χ0v) is 16.2. The van der Waals surface area contributed by atoms with E-state index in [0.717, 1.165) is 0 Å². The first-order valence-electron chi connectivity index (χ1n) is 9.15. The summed E-state index contributed by atoms with van der Waals surface area (Å²) in [6.07, 6.45) is 0.528. The summed E-state index contributed by atoms with van der Waals surface area (Å²) >= 11 is 0. The highest BCUT2D eigenvalue weighted by Crippen LogP contribution is 2.40. The van der Waals surface area contributed by atoms with Crippen molar-refractivity contribution in [2.75, 3.05) is 27.4 Å². The third kappa shape index (κ3) is 4.14. The number of halogens is 1. The smallest absolute Gasteiger partial charge is 0.295 e. The van der Waals surface area contributed by atoms with E-state index in [1.165, 1.54) is 36.3 Å². The molecule has 0 radical (unpaired) electrons. The number of methoxy groups -OCH3 is 2. The molecule has 0 unspecified atom stereocenters. The summed E-state index contributed by atoms with van der Waals surface area (Å²) in [5.41, 5.74) is 0.853. The highest BCUT2D eigenvalue weighted by Gasteiger charge is 2.45. The van der Waals surface area contributed by atoms with Crippen LogP contribution in [-0.4, -0.2) is 49.1 Å². The van der Waals surface area contributed by atoms with Gasteiger partial charge in [0.25, 0.3) is 11.7 Å². The molecule has 29 heavy (non-hydrogen) atoms. The van der Waals surface area contributed by atoms with Crippen molar-refractivity contribution in [3.05, 3.63) is 71.0 Å². The van der Waals surface area contributed by atoms with E-state index in [1.807, 2.05) is 0 Å². The number of nitrogens with zero attached hydrogens (tertiary/aromatic N) is 1. The van der Waals surface area contributed by atoms with E-state index >= 15 is 0 Å². The van der Waals surface area contributed by atoms with Crippen LogP contribution in [0.4, 0.5) is 4.39 Å². The Morgan fingerprint density at radius 1 is 1.14 bits per heavy atom. The minimum Gasteiger partial charge on any atom is -0.507 e. The highest BCUT2D eigenvalue weighted by atomic mass is 19.1. The van der Waals surface area contributed by atoms with Crippen LogP contribution in [0.5, 0.6) is 5.75 Å². The second kappa shape index (κ2) is 8.87. The number of benzene rings is 2. The lowest BCUT2D eigenvalue weighted by molar-refractivity contribution is -0.140. The van der Waals surface area contributed by atoms with Gasteiger partial charge in [0.05, 0.1) is 18.7 Å². The molecular formula is C22H22FNO5. The monoisotopic (exact) mass is 399 g/mol. The van der Waals surface area contributed by atoms with E-state index in [9.17, 15) is 19.1 Å². The molecular weight excluding hydrogens is 377 g/mol. The summed E-state index contributed by atoms with van der Waals surface area (Å²) in [7, 11) is 3.08. The summed E-state index contributed by atoms with van der Waals surface area (Å²) in [5.74, 6) is -1.72. The summed E-state index contributed by atoms with van der Waals surface area (Å²) in [4.78, 5) is 27.0. The number of hydrogen-bond acceptors (Lipinski definition) is 5. The number of rotatable bonds is 7. The Kier molecular flexibility index (Phi) is 6.29. The van der Waals surface area contributed by atoms with E-state index < -0.39 is 23.5 Å². The van der Waals surface area contributed by atoms with Crippen LogP contribution in [0.15, 0.2) is 54.1 Å². The number of aliphatic hydroxyl groups is 1. The van der Waals surface area contributed by atoms with Crippen molar-refractivity contribution in [1.29, 1.82) is 0 Å². The first kappa shape index (κ1) is 20.5. The SMILES string of the molecule is COCCCN1C(=O)C(=O)C(=C(O)c2ccc(F)cc2)[C@H]1c1cccc(OC)c1. The van der Waals surface area contributed by atoms with Crippen molar-refractivity contribution in [1.82, 2.24) is 4.90 Å². The molecule has 0 aromatic heterocycles. The summed E-state index contributed by atoms with van der Waals surface area (Å²) in [5, 5.41) is 10.8. The number of aliphatic hydroxyl groups excluding tert-OH is 1. The Bertz CT molecular complexity index is 938. The van der Waals surface area contributed by atoms with Crippen molar-refractivity contribution in [2.24, 2.45) is 0 Å². The van der Waals surface area contributed by atoms with Crippen LogP contribution in [-0.2, 0) is 14.3 Å². The topological polar surface area (TPSA) is 76.1 Å². The van der Waals surface area contributed by atoms with Crippen molar-refractivity contribution < 1.29 is 28.6 Å². The Hall–Kier alpha value is -3.19. The predicted molar refractivity (Wildman–Crippen MR) is 105 cm³/mol. The van der Waals surface area contributed by atoms with Crippen LogP contribution in [0.3, 0.4) is 0 Å². The Morgan fingerprint density at radius 2 is 1.86 bits per heavy atom. The van der Waals surface area contributed by atoms with Crippen molar-refractivity contribution in [3.63, 3.8) is 0 Å². The molecule has 0 spiro atoms. The van der Waals surface area contributed by atoms with Crippen molar-refractivity contribution in [2.45, 2.75) is 12.5 Å². The second-order valence-electron chi connectivity index (χ2n) is 6.62. The minimum atomic E-state index is -0.785. The zero-order valence-electron chi connectivity index (χ0n) is 16.2. The first-order chi connectivity index (χ1) is 14.0. The van der Waals surface area contributed by atoms with Crippen LogP contribution >= 0.6 is 0 Å². The van der Waals surface area contributed by atoms with Crippen LogP contribution in [0, 0.1) is 5.82 Å². The highest BCUT2D eigenvalue weighted by molar-refractivity contribution is 6.46. The number of likely N-dealkylation sites (tertiary alicyclic amines) is 1. The van der Waals surface area contributed by atoms with Crippen LogP contribution in [0.2, 0.25) is 0 Å². The molecule has 1 aliphatic heterocycles. The molecule has 1 fully saturated rings. The third-order valence-electron chi connectivity index (χ3n) is 4.81. The molecule has 1 N–H and O–H groups in total. The molecule has 1 heterocycles. The van der Waals surface area contributed by atoms with Gasteiger partial charge in [0.1, 0.15) is 17.3 Å². The molecule has 3 rings (SSSR count).